The third-order valence-electron chi connectivity index (χ3n) is 2.81. The van der Waals surface area contributed by atoms with Crippen LogP contribution in [0.1, 0.15) is 31.6 Å². The molecule has 1 N–H and O–H groups in total. The van der Waals surface area contributed by atoms with Crippen molar-refractivity contribution in [1.82, 2.24) is 4.57 Å². The summed E-state index contributed by atoms with van der Waals surface area (Å²) in [6.45, 7) is 2.91. The van der Waals surface area contributed by atoms with Crippen LogP contribution < -0.4 is 21.5 Å². The molecule has 0 aliphatic heterocycles. The van der Waals surface area contributed by atoms with E-state index in [0.29, 0.717) is 0 Å². The molecule has 1 unspecified atom stereocenters. The van der Waals surface area contributed by atoms with Gasteiger partial charge in [0.2, 0.25) is 6.33 Å². The van der Waals surface area contributed by atoms with E-state index in [-0.39, 0.29) is 17.0 Å². The quantitative estimate of drug-likeness (QED) is 0.714. The number of rotatable bonds is 5. The lowest BCUT2D eigenvalue weighted by Crippen LogP contribution is -3.00. The first-order valence-corrected chi connectivity index (χ1v) is 6.08. The number of benzene rings is 1. The summed E-state index contributed by atoms with van der Waals surface area (Å²) in [4.78, 5) is 0. The highest BCUT2D eigenvalue weighted by Gasteiger charge is 2.12. The molecule has 0 saturated carbocycles. The van der Waals surface area contributed by atoms with Crippen molar-refractivity contribution in [2.75, 3.05) is 0 Å². The minimum absolute atomic E-state index is 0. The summed E-state index contributed by atoms with van der Waals surface area (Å²) < 4.78 is 3.93. The summed E-state index contributed by atoms with van der Waals surface area (Å²) in [6, 6.07) is 10.3. The summed E-state index contributed by atoms with van der Waals surface area (Å²) in [5, 5.41) is 9.85. The molecule has 98 valence electrons. The lowest BCUT2D eigenvalue weighted by Gasteiger charge is -2.03. The molecule has 3 nitrogen and oxygen atoms in total. The molecular weight excluding hydrogens is 292 g/mol. The molecule has 0 aliphatic rings. The normalized spacial score (nSPS) is 11.9. The first-order chi connectivity index (χ1) is 8.29. The number of imidazole rings is 1. The minimum atomic E-state index is -0.406. The van der Waals surface area contributed by atoms with Crippen LogP contribution in [-0.4, -0.2) is 9.67 Å². The Morgan fingerprint density at radius 1 is 1.28 bits per heavy atom. The fourth-order valence-electron chi connectivity index (χ4n) is 1.88. The summed E-state index contributed by atoms with van der Waals surface area (Å²) in [5.74, 6) is 0. The molecule has 1 heterocycles. The predicted octanol–water partition coefficient (Wildman–Crippen LogP) is -0.881. The zero-order chi connectivity index (χ0) is 12.1. The molecule has 0 bridgehead atoms. The van der Waals surface area contributed by atoms with Crippen LogP contribution >= 0.6 is 0 Å². The van der Waals surface area contributed by atoms with Gasteiger partial charge in [-0.3, -0.25) is 0 Å². The van der Waals surface area contributed by atoms with Gasteiger partial charge in [0.15, 0.2) is 6.23 Å². The molecule has 2 rings (SSSR count). The summed E-state index contributed by atoms with van der Waals surface area (Å²) in [6.07, 6.45) is 7.23. The van der Waals surface area contributed by atoms with Crippen LogP contribution in [-0.2, 0) is 6.54 Å². The average molecular weight is 311 g/mol. The van der Waals surface area contributed by atoms with Gasteiger partial charge in [0.1, 0.15) is 18.9 Å². The Bertz CT molecular complexity index is 456. The Morgan fingerprint density at radius 3 is 2.67 bits per heavy atom. The topological polar surface area (TPSA) is 29.0 Å². The number of halogens is 1. The molecule has 18 heavy (non-hydrogen) atoms. The van der Waals surface area contributed by atoms with E-state index in [0.717, 1.165) is 19.4 Å². The number of aliphatic hydroxyl groups is 1. The number of hydrogen-bond donors (Lipinski definition) is 1. The van der Waals surface area contributed by atoms with Crippen LogP contribution in [0.5, 0.6) is 0 Å². The highest BCUT2D eigenvalue weighted by Crippen LogP contribution is 2.08. The molecule has 1 aromatic heterocycles. The number of aromatic nitrogens is 2. The van der Waals surface area contributed by atoms with Crippen LogP contribution in [0.15, 0.2) is 49.1 Å². The second-order valence-corrected chi connectivity index (χ2v) is 4.29. The maximum atomic E-state index is 9.85. The largest absolute Gasteiger partial charge is 1.00 e. The SMILES string of the molecule is CCCC(O)n1cc[n+](Cc2ccccc2)c1.[Br-]. The van der Waals surface area contributed by atoms with Gasteiger partial charge in [0, 0.05) is 6.42 Å². The number of aliphatic hydroxyl groups excluding tert-OH is 1. The highest BCUT2D eigenvalue weighted by atomic mass is 79.9. The molecule has 0 amide bonds. The van der Waals surface area contributed by atoms with Crippen molar-refractivity contribution in [1.29, 1.82) is 0 Å². The first-order valence-electron chi connectivity index (χ1n) is 6.08. The Morgan fingerprint density at radius 2 is 2.00 bits per heavy atom. The van der Waals surface area contributed by atoms with E-state index in [1.54, 1.807) is 0 Å². The van der Waals surface area contributed by atoms with Crippen molar-refractivity contribution in [2.45, 2.75) is 32.5 Å². The molecule has 2 aromatic rings. The van der Waals surface area contributed by atoms with Gasteiger partial charge in [-0.15, -0.1) is 0 Å². The van der Waals surface area contributed by atoms with Gasteiger partial charge in [-0.2, -0.15) is 0 Å². The first kappa shape index (κ1) is 14.9. The van der Waals surface area contributed by atoms with Crippen LogP contribution in [0.25, 0.3) is 0 Å². The average Bonchev–Trinajstić information content (AvgIpc) is 2.79. The lowest BCUT2D eigenvalue weighted by atomic mass is 10.2. The fourth-order valence-corrected chi connectivity index (χ4v) is 1.88. The van der Waals surface area contributed by atoms with Gasteiger partial charge in [0.05, 0.1) is 0 Å². The molecule has 0 saturated heterocycles. The highest BCUT2D eigenvalue weighted by molar-refractivity contribution is 5.13. The summed E-state index contributed by atoms with van der Waals surface area (Å²) in [5.41, 5.74) is 1.26. The van der Waals surface area contributed by atoms with Crippen molar-refractivity contribution in [3.63, 3.8) is 0 Å². The van der Waals surface area contributed by atoms with E-state index in [1.165, 1.54) is 5.56 Å². The monoisotopic (exact) mass is 310 g/mol. The number of hydrogen-bond acceptors (Lipinski definition) is 1. The van der Waals surface area contributed by atoms with Gasteiger partial charge in [-0.05, 0) is 12.0 Å². The van der Waals surface area contributed by atoms with Crippen molar-refractivity contribution >= 4 is 0 Å². The van der Waals surface area contributed by atoms with Crippen molar-refractivity contribution in [3.8, 4) is 0 Å². The Kier molecular flexibility index (Phi) is 6.09. The summed E-state index contributed by atoms with van der Waals surface area (Å²) in [7, 11) is 0. The van der Waals surface area contributed by atoms with Gasteiger partial charge in [-0.25, -0.2) is 9.13 Å². The second-order valence-electron chi connectivity index (χ2n) is 4.29. The maximum Gasteiger partial charge on any atom is 0.246 e. The Balaban J connectivity index is 0.00000162. The molecule has 0 spiro atoms. The lowest BCUT2D eigenvalue weighted by molar-refractivity contribution is -0.688. The van der Waals surface area contributed by atoms with Crippen LogP contribution in [0.3, 0.4) is 0 Å². The van der Waals surface area contributed by atoms with E-state index < -0.39 is 6.23 Å². The zero-order valence-electron chi connectivity index (χ0n) is 10.5. The van der Waals surface area contributed by atoms with E-state index in [4.69, 9.17) is 0 Å². The van der Waals surface area contributed by atoms with E-state index in [1.807, 2.05) is 41.5 Å². The number of nitrogens with zero attached hydrogens (tertiary/aromatic N) is 2. The molecule has 0 radical (unpaired) electrons. The maximum absolute atomic E-state index is 9.85. The van der Waals surface area contributed by atoms with Crippen LogP contribution in [0.2, 0.25) is 0 Å². The van der Waals surface area contributed by atoms with Crippen molar-refractivity contribution in [3.05, 3.63) is 54.6 Å². The minimum Gasteiger partial charge on any atom is -1.00 e. The Labute approximate surface area is 118 Å². The predicted molar refractivity (Wildman–Crippen MR) is 66.3 cm³/mol. The zero-order valence-corrected chi connectivity index (χ0v) is 12.1. The van der Waals surface area contributed by atoms with Gasteiger partial charge >= 0.3 is 0 Å². The Hall–Kier alpha value is -1.13. The third-order valence-corrected chi connectivity index (χ3v) is 2.81. The standard InChI is InChI=1S/C14H19N2O.BrH/c1-2-6-14(17)16-10-9-15(12-16)11-13-7-4-3-5-8-13;/h3-5,7-10,12,14,17H,2,6,11H2,1H3;1H/q+1;/p-1. The van der Waals surface area contributed by atoms with Crippen LogP contribution in [0.4, 0.5) is 0 Å². The summed E-state index contributed by atoms with van der Waals surface area (Å²) >= 11 is 0. The van der Waals surface area contributed by atoms with E-state index in [9.17, 15) is 5.11 Å². The molecule has 0 aliphatic carbocycles. The van der Waals surface area contributed by atoms with Crippen LogP contribution in [0, 0.1) is 0 Å². The molecule has 1 aromatic carbocycles. The molecule has 4 heteroatoms. The van der Waals surface area contributed by atoms with Gasteiger partial charge < -0.3 is 22.1 Å². The molecule has 0 fully saturated rings. The van der Waals surface area contributed by atoms with Gasteiger partial charge in [0.25, 0.3) is 0 Å². The van der Waals surface area contributed by atoms with E-state index >= 15 is 0 Å². The molecule has 1 atom stereocenters. The van der Waals surface area contributed by atoms with E-state index in [2.05, 4.69) is 23.6 Å². The molecular formula is C14H19BrN2O. The smallest absolute Gasteiger partial charge is 0.246 e. The van der Waals surface area contributed by atoms with Gasteiger partial charge in [-0.1, -0.05) is 37.3 Å². The fraction of sp³-hybridized carbons (Fsp3) is 0.357. The van der Waals surface area contributed by atoms with Crippen molar-refractivity contribution < 1.29 is 26.7 Å². The van der Waals surface area contributed by atoms with Crippen molar-refractivity contribution in [2.24, 2.45) is 0 Å². The third kappa shape index (κ3) is 3.96. The second kappa shape index (κ2) is 7.34.